The number of rotatable bonds is 4. The fourth-order valence-electron chi connectivity index (χ4n) is 4.47. The van der Waals surface area contributed by atoms with E-state index in [0.717, 1.165) is 11.6 Å². The summed E-state index contributed by atoms with van der Waals surface area (Å²) in [6.07, 6.45) is -1.61. The molecule has 0 spiro atoms. The summed E-state index contributed by atoms with van der Waals surface area (Å²) in [5.41, 5.74) is 0.0687. The Morgan fingerprint density at radius 3 is 2.61 bits per heavy atom. The van der Waals surface area contributed by atoms with Crippen molar-refractivity contribution in [2.45, 2.75) is 45.1 Å². The van der Waals surface area contributed by atoms with Crippen LogP contribution in [0.15, 0.2) is 52.5 Å². The number of fused-ring (bicyclic) bond motifs is 1. The number of likely N-dealkylation sites (N-methyl/N-ethyl adjacent to an activating group) is 1. The van der Waals surface area contributed by atoms with Gasteiger partial charge in [0.1, 0.15) is 5.60 Å². The number of amidine groups is 1. The summed E-state index contributed by atoms with van der Waals surface area (Å²) in [4.78, 5) is 33.0. The Hall–Kier alpha value is -3.51. The van der Waals surface area contributed by atoms with Gasteiger partial charge in [0.15, 0.2) is 5.17 Å². The zero-order chi connectivity index (χ0) is 29.7. The molecular weight excluding hydrogens is 579 g/mol. The lowest BCUT2D eigenvalue weighted by Gasteiger charge is -2.44. The molecule has 1 fully saturated rings. The van der Waals surface area contributed by atoms with Gasteiger partial charge < -0.3 is 14.5 Å². The van der Waals surface area contributed by atoms with Crippen LogP contribution in [0.3, 0.4) is 0 Å². The number of ether oxygens (including phenoxy) is 1. The number of hydrogen-bond acceptors (Lipinski definition) is 6. The molecule has 2 aliphatic rings. The summed E-state index contributed by atoms with van der Waals surface area (Å²) < 4.78 is 47.5. The Labute approximate surface area is 243 Å². The standard InChI is InChI=1S/C28H27ClF3N5O3S/c1-27(2,3)40-26(39)36-14-20(15-36)35(4)25-34-24(38)23(41-25)10-16-5-8-22-18(9-16)12-33-37(22)13-17-6-7-19(29)11-21(17)28(30,31)32/h5-12,20H,13-15H2,1-4H3. The lowest BCUT2D eigenvalue weighted by molar-refractivity contribution is -0.138. The molecule has 2 amide bonds. The van der Waals surface area contributed by atoms with Crippen LogP contribution in [-0.4, -0.2) is 68.5 Å². The predicted octanol–water partition coefficient (Wildman–Crippen LogP) is 6.28. The zero-order valence-corrected chi connectivity index (χ0v) is 24.3. The molecule has 13 heteroatoms. The molecule has 1 saturated heterocycles. The number of likely N-dealkylation sites (tertiary alicyclic amines) is 1. The van der Waals surface area contributed by atoms with Crippen molar-refractivity contribution in [1.29, 1.82) is 0 Å². The van der Waals surface area contributed by atoms with Crippen LogP contribution in [-0.2, 0) is 22.3 Å². The van der Waals surface area contributed by atoms with Crippen LogP contribution in [0.2, 0.25) is 5.02 Å². The molecule has 0 unspecified atom stereocenters. The van der Waals surface area contributed by atoms with Crippen LogP contribution in [0.25, 0.3) is 17.0 Å². The molecule has 3 aromatic rings. The molecule has 1 aromatic heterocycles. The Balaban J connectivity index is 1.26. The van der Waals surface area contributed by atoms with Crippen molar-refractivity contribution in [1.82, 2.24) is 19.6 Å². The maximum absolute atomic E-state index is 13.5. The molecule has 0 saturated carbocycles. The van der Waals surface area contributed by atoms with E-state index in [4.69, 9.17) is 16.3 Å². The zero-order valence-electron chi connectivity index (χ0n) is 22.7. The first-order chi connectivity index (χ1) is 19.2. The second kappa shape index (κ2) is 10.7. The summed E-state index contributed by atoms with van der Waals surface area (Å²) in [7, 11) is 1.84. The van der Waals surface area contributed by atoms with Gasteiger partial charge in [-0.2, -0.15) is 23.3 Å². The van der Waals surface area contributed by atoms with Crippen LogP contribution >= 0.6 is 23.4 Å². The van der Waals surface area contributed by atoms with Crippen molar-refractivity contribution < 1.29 is 27.5 Å². The SMILES string of the molecule is CN(C1=NC(=O)C(=Cc2ccc3c(cnn3Cc3ccc(Cl)cc3C(F)(F)F)c2)S1)C1CN(C(=O)OC(C)(C)C)C1. The number of alkyl halides is 3. The minimum Gasteiger partial charge on any atom is -0.444 e. The first-order valence-electron chi connectivity index (χ1n) is 12.7. The van der Waals surface area contributed by atoms with E-state index >= 15 is 0 Å². The van der Waals surface area contributed by atoms with Gasteiger partial charge >= 0.3 is 12.3 Å². The Bertz CT molecular complexity index is 1590. The van der Waals surface area contributed by atoms with E-state index in [1.807, 2.05) is 38.8 Å². The Kier molecular flexibility index (Phi) is 7.58. The number of thioether (sulfide) groups is 1. The third kappa shape index (κ3) is 6.38. The molecular formula is C28H27ClF3N5O3S. The quantitative estimate of drug-likeness (QED) is 0.326. The van der Waals surface area contributed by atoms with E-state index in [1.165, 1.54) is 28.6 Å². The number of aromatic nitrogens is 2. The van der Waals surface area contributed by atoms with Crippen LogP contribution in [0.4, 0.5) is 18.0 Å². The molecule has 0 N–H and O–H groups in total. The smallest absolute Gasteiger partial charge is 0.416 e. The number of nitrogens with zero attached hydrogens (tertiary/aromatic N) is 5. The number of halogens is 4. The number of hydrogen-bond donors (Lipinski definition) is 0. The fraction of sp³-hybridized carbons (Fsp3) is 0.357. The minimum absolute atomic E-state index is 0.0113. The molecule has 2 aromatic carbocycles. The van der Waals surface area contributed by atoms with Crippen molar-refractivity contribution in [3.63, 3.8) is 0 Å². The van der Waals surface area contributed by atoms with Gasteiger partial charge in [0, 0.05) is 30.5 Å². The highest BCUT2D eigenvalue weighted by Crippen LogP contribution is 2.35. The normalized spacial score (nSPS) is 17.3. The van der Waals surface area contributed by atoms with E-state index in [0.29, 0.717) is 34.1 Å². The summed E-state index contributed by atoms with van der Waals surface area (Å²) in [5, 5.41) is 5.56. The minimum atomic E-state index is -4.54. The maximum Gasteiger partial charge on any atom is 0.416 e. The highest BCUT2D eigenvalue weighted by atomic mass is 35.5. The summed E-state index contributed by atoms with van der Waals surface area (Å²) in [6.45, 7) is 6.31. The number of carbonyl (C=O) groups is 2. The molecule has 0 bridgehead atoms. The highest BCUT2D eigenvalue weighted by molar-refractivity contribution is 8.18. The highest BCUT2D eigenvalue weighted by Gasteiger charge is 2.39. The molecule has 0 aliphatic carbocycles. The third-order valence-corrected chi connectivity index (χ3v) is 7.94. The van der Waals surface area contributed by atoms with E-state index in [9.17, 15) is 22.8 Å². The lowest BCUT2D eigenvalue weighted by atomic mass is 10.1. The third-order valence-electron chi connectivity index (χ3n) is 6.63. The van der Waals surface area contributed by atoms with E-state index in [2.05, 4.69) is 10.1 Å². The van der Waals surface area contributed by atoms with Crippen LogP contribution in [0.1, 0.15) is 37.5 Å². The molecule has 0 atom stereocenters. The van der Waals surface area contributed by atoms with Gasteiger partial charge in [-0.3, -0.25) is 9.48 Å². The van der Waals surface area contributed by atoms with Gasteiger partial charge in [0.25, 0.3) is 5.91 Å². The van der Waals surface area contributed by atoms with Crippen molar-refractivity contribution in [3.8, 4) is 0 Å². The number of benzene rings is 2. The van der Waals surface area contributed by atoms with Gasteiger partial charge in [0.05, 0.1) is 34.8 Å². The van der Waals surface area contributed by atoms with Crippen molar-refractivity contribution in [2.24, 2.45) is 4.99 Å². The summed E-state index contributed by atoms with van der Waals surface area (Å²) in [5.74, 6) is -0.363. The predicted molar refractivity (Wildman–Crippen MR) is 153 cm³/mol. The van der Waals surface area contributed by atoms with E-state index in [-0.39, 0.29) is 35.2 Å². The van der Waals surface area contributed by atoms with Gasteiger partial charge in [-0.1, -0.05) is 23.7 Å². The molecule has 41 heavy (non-hydrogen) atoms. The number of aliphatic imine (C=N–C) groups is 1. The summed E-state index contributed by atoms with van der Waals surface area (Å²) in [6, 6.07) is 9.07. The maximum atomic E-state index is 13.5. The van der Waals surface area contributed by atoms with E-state index < -0.39 is 17.3 Å². The van der Waals surface area contributed by atoms with Crippen molar-refractivity contribution in [2.75, 3.05) is 20.1 Å². The lowest BCUT2D eigenvalue weighted by Crippen LogP contribution is -2.61. The first-order valence-corrected chi connectivity index (χ1v) is 13.9. The second-order valence-corrected chi connectivity index (χ2v) is 12.3. The number of carbonyl (C=O) groups excluding carboxylic acids is 2. The molecule has 2 aliphatic heterocycles. The van der Waals surface area contributed by atoms with Gasteiger partial charge in [0.2, 0.25) is 0 Å². The molecule has 0 radical (unpaired) electrons. The Morgan fingerprint density at radius 1 is 1.20 bits per heavy atom. The Morgan fingerprint density at radius 2 is 1.93 bits per heavy atom. The number of amides is 2. The van der Waals surface area contributed by atoms with Crippen LogP contribution < -0.4 is 0 Å². The average molecular weight is 606 g/mol. The van der Waals surface area contributed by atoms with Gasteiger partial charge in [-0.25, -0.2) is 4.79 Å². The summed E-state index contributed by atoms with van der Waals surface area (Å²) >= 11 is 7.05. The fourth-order valence-corrected chi connectivity index (χ4v) is 5.58. The van der Waals surface area contributed by atoms with Crippen molar-refractivity contribution in [3.05, 3.63) is 69.2 Å². The molecule has 3 heterocycles. The van der Waals surface area contributed by atoms with Crippen LogP contribution in [0, 0.1) is 0 Å². The van der Waals surface area contributed by atoms with Crippen molar-refractivity contribution >= 4 is 57.5 Å². The average Bonchev–Trinajstić information content (AvgIpc) is 3.40. The first kappa shape index (κ1) is 29.0. The second-order valence-electron chi connectivity index (χ2n) is 10.9. The van der Waals surface area contributed by atoms with Gasteiger partial charge in [-0.05, 0) is 74.0 Å². The largest absolute Gasteiger partial charge is 0.444 e. The molecule has 5 rings (SSSR count). The van der Waals surface area contributed by atoms with Gasteiger partial charge in [-0.15, -0.1) is 0 Å². The van der Waals surface area contributed by atoms with Crippen LogP contribution in [0.5, 0.6) is 0 Å². The van der Waals surface area contributed by atoms with E-state index in [1.54, 1.807) is 29.3 Å². The topological polar surface area (TPSA) is 80.0 Å². The molecule has 216 valence electrons. The molecule has 8 nitrogen and oxygen atoms in total. The monoisotopic (exact) mass is 605 g/mol.